The highest BCUT2D eigenvalue weighted by Gasteiger charge is 2.17. The van der Waals surface area contributed by atoms with Gasteiger partial charge in [0.25, 0.3) is 0 Å². The summed E-state index contributed by atoms with van der Waals surface area (Å²) in [5, 5.41) is 0. The van der Waals surface area contributed by atoms with Crippen LogP contribution in [0.25, 0.3) is 11.2 Å². The third-order valence-electron chi connectivity index (χ3n) is 5.09. The van der Waals surface area contributed by atoms with E-state index in [2.05, 4.69) is 14.8 Å². The first-order valence-corrected chi connectivity index (χ1v) is 9.38. The number of fused-ring (bicyclic) bond motifs is 1. The molecule has 0 radical (unpaired) electrons. The van der Waals surface area contributed by atoms with Gasteiger partial charge in [-0.2, -0.15) is 0 Å². The molecule has 3 aromatic rings. The molecule has 6 nitrogen and oxygen atoms in total. The number of halogens is 1. The van der Waals surface area contributed by atoms with E-state index in [9.17, 15) is 9.18 Å². The van der Waals surface area contributed by atoms with E-state index in [4.69, 9.17) is 4.42 Å². The first-order chi connectivity index (χ1) is 13.2. The number of pyridine rings is 1. The van der Waals surface area contributed by atoms with Gasteiger partial charge in [-0.1, -0.05) is 0 Å². The van der Waals surface area contributed by atoms with Crippen LogP contribution in [0.2, 0.25) is 0 Å². The zero-order valence-electron chi connectivity index (χ0n) is 15.2. The summed E-state index contributed by atoms with van der Waals surface area (Å²) in [6, 6.07) is 10.2. The molecule has 0 atom stereocenters. The monoisotopic (exact) mass is 370 g/mol. The molecule has 0 unspecified atom stereocenters. The van der Waals surface area contributed by atoms with Crippen molar-refractivity contribution in [3.63, 3.8) is 0 Å². The van der Waals surface area contributed by atoms with Gasteiger partial charge in [-0.15, -0.1) is 0 Å². The zero-order valence-corrected chi connectivity index (χ0v) is 15.2. The van der Waals surface area contributed by atoms with Crippen LogP contribution >= 0.6 is 0 Å². The highest BCUT2D eigenvalue weighted by atomic mass is 19.1. The smallest absolute Gasteiger partial charge is 0.406 e. The average Bonchev–Trinajstić information content (AvgIpc) is 3.02. The molecule has 1 aliphatic rings. The van der Waals surface area contributed by atoms with Gasteiger partial charge in [0.2, 0.25) is 0 Å². The van der Waals surface area contributed by atoms with Crippen LogP contribution < -0.4 is 10.7 Å². The number of piperazine rings is 1. The largest absolute Gasteiger partial charge is 0.421 e. The predicted molar refractivity (Wildman–Crippen MR) is 103 cm³/mol. The average molecular weight is 370 g/mol. The molecule has 0 bridgehead atoms. The lowest BCUT2D eigenvalue weighted by Gasteiger charge is -2.36. The number of aromatic nitrogens is 2. The van der Waals surface area contributed by atoms with Gasteiger partial charge in [-0.3, -0.25) is 9.47 Å². The Labute approximate surface area is 156 Å². The van der Waals surface area contributed by atoms with Crippen molar-refractivity contribution >= 4 is 16.9 Å². The second kappa shape index (κ2) is 7.92. The molecule has 1 aliphatic heterocycles. The molecule has 1 fully saturated rings. The molecule has 7 heteroatoms. The van der Waals surface area contributed by atoms with Crippen molar-refractivity contribution in [2.45, 2.75) is 19.4 Å². The first-order valence-electron chi connectivity index (χ1n) is 9.38. The van der Waals surface area contributed by atoms with Gasteiger partial charge in [0.15, 0.2) is 11.2 Å². The number of hydrogen-bond acceptors (Lipinski definition) is 5. The highest BCUT2D eigenvalue weighted by Crippen LogP contribution is 2.17. The van der Waals surface area contributed by atoms with Crippen LogP contribution in [0.3, 0.4) is 0 Å². The van der Waals surface area contributed by atoms with Crippen LogP contribution in [0.1, 0.15) is 12.8 Å². The standard InChI is InChI=1S/C20H23FN4O2/c21-16-5-7-17(8-6-16)24-14-12-23(13-15-24)10-1-2-11-25-19-18(27-20(25)26)4-3-9-22-19/h3-9H,1-2,10-15H2. The van der Waals surface area contributed by atoms with E-state index >= 15 is 0 Å². The van der Waals surface area contributed by atoms with Gasteiger partial charge in [0.1, 0.15) is 5.82 Å². The van der Waals surface area contributed by atoms with E-state index in [-0.39, 0.29) is 11.6 Å². The van der Waals surface area contributed by atoms with Gasteiger partial charge in [-0.25, -0.2) is 14.2 Å². The van der Waals surface area contributed by atoms with E-state index in [0.29, 0.717) is 17.8 Å². The lowest BCUT2D eigenvalue weighted by molar-refractivity contribution is 0.251. The molecule has 0 spiro atoms. The van der Waals surface area contributed by atoms with Crippen molar-refractivity contribution in [2.75, 3.05) is 37.6 Å². The maximum absolute atomic E-state index is 13.0. The third-order valence-corrected chi connectivity index (χ3v) is 5.09. The minimum absolute atomic E-state index is 0.197. The Bertz CT molecular complexity index is 943. The number of aryl methyl sites for hydroxylation is 1. The van der Waals surface area contributed by atoms with E-state index < -0.39 is 0 Å². The maximum Gasteiger partial charge on any atom is 0.421 e. The summed E-state index contributed by atoms with van der Waals surface area (Å²) in [5.74, 6) is -0.534. The van der Waals surface area contributed by atoms with Crippen molar-refractivity contribution in [2.24, 2.45) is 0 Å². The molecule has 4 rings (SSSR count). The Kier molecular flexibility index (Phi) is 5.20. The zero-order chi connectivity index (χ0) is 18.6. The normalized spacial score (nSPS) is 15.5. The fourth-order valence-corrected chi connectivity index (χ4v) is 3.58. The third kappa shape index (κ3) is 4.03. The molecule has 142 valence electrons. The van der Waals surface area contributed by atoms with E-state index in [0.717, 1.165) is 51.3 Å². The predicted octanol–water partition coefficient (Wildman–Crippen LogP) is 2.73. The molecule has 0 saturated carbocycles. The Morgan fingerprint density at radius 3 is 2.52 bits per heavy atom. The van der Waals surface area contributed by atoms with Gasteiger partial charge in [0.05, 0.1) is 0 Å². The van der Waals surface area contributed by atoms with Crippen LogP contribution in [-0.2, 0) is 6.54 Å². The topological polar surface area (TPSA) is 54.5 Å². The Balaban J connectivity index is 1.23. The van der Waals surface area contributed by atoms with E-state index in [1.54, 1.807) is 22.9 Å². The second-order valence-electron chi connectivity index (χ2n) is 6.86. The summed E-state index contributed by atoms with van der Waals surface area (Å²) in [5.41, 5.74) is 2.24. The maximum atomic E-state index is 13.0. The van der Waals surface area contributed by atoms with Gasteiger partial charge < -0.3 is 9.32 Å². The Morgan fingerprint density at radius 1 is 1.00 bits per heavy atom. The molecular formula is C20H23FN4O2. The summed E-state index contributed by atoms with van der Waals surface area (Å²) in [6.45, 7) is 5.51. The van der Waals surface area contributed by atoms with E-state index in [1.807, 2.05) is 12.1 Å². The molecule has 3 heterocycles. The number of hydrogen-bond donors (Lipinski definition) is 0. The summed E-state index contributed by atoms with van der Waals surface area (Å²) in [6.07, 6.45) is 3.60. The van der Waals surface area contributed by atoms with Crippen molar-refractivity contribution < 1.29 is 8.81 Å². The molecule has 27 heavy (non-hydrogen) atoms. The summed E-state index contributed by atoms with van der Waals surface area (Å²) in [4.78, 5) is 20.9. The quantitative estimate of drug-likeness (QED) is 0.625. The number of rotatable bonds is 6. The molecular weight excluding hydrogens is 347 g/mol. The summed E-state index contributed by atoms with van der Waals surface area (Å²) < 4.78 is 19.9. The minimum atomic E-state index is -0.336. The van der Waals surface area contributed by atoms with Crippen molar-refractivity contribution in [3.05, 3.63) is 59.0 Å². The molecule has 0 aliphatic carbocycles. The Hall–Kier alpha value is -2.67. The fourth-order valence-electron chi connectivity index (χ4n) is 3.58. The SMILES string of the molecule is O=c1oc2cccnc2n1CCCCN1CCN(c2ccc(F)cc2)CC1. The number of benzene rings is 1. The first kappa shape index (κ1) is 17.7. The van der Waals surface area contributed by atoms with Crippen LogP contribution in [0.4, 0.5) is 10.1 Å². The molecule has 0 N–H and O–H groups in total. The Morgan fingerprint density at radius 2 is 1.74 bits per heavy atom. The van der Waals surface area contributed by atoms with Crippen LogP contribution in [-0.4, -0.2) is 47.2 Å². The van der Waals surface area contributed by atoms with Crippen LogP contribution in [0.5, 0.6) is 0 Å². The molecule has 1 aromatic carbocycles. The van der Waals surface area contributed by atoms with Gasteiger partial charge in [-0.05, 0) is 55.8 Å². The number of unbranched alkanes of at least 4 members (excludes halogenated alkanes) is 1. The summed E-state index contributed by atoms with van der Waals surface area (Å²) in [7, 11) is 0. The molecule has 1 saturated heterocycles. The molecule has 0 amide bonds. The fraction of sp³-hybridized carbons (Fsp3) is 0.400. The summed E-state index contributed by atoms with van der Waals surface area (Å²) >= 11 is 0. The van der Waals surface area contributed by atoms with Gasteiger partial charge >= 0.3 is 5.76 Å². The van der Waals surface area contributed by atoms with Crippen LogP contribution in [0, 0.1) is 5.82 Å². The number of nitrogens with zero attached hydrogens (tertiary/aromatic N) is 4. The van der Waals surface area contributed by atoms with Crippen molar-refractivity contribution in [1.29, 1.82) is 0 Å². The lowest BCUT2D eigenvalue weighted by atomic mass is 10.2. The van der Waals surface area contributed by atoms with Crippen LogP contribution in [0.15, 0.2) is 51.8 Å². The minimum Gasteiger partial charge on any atom is -0.406 e. The van der Waals surface area contributed by atoms with Crippen molar-refractivity contribution in [3.8, 4) is 0 Å². The number of anilines is 1. The highest BCUT2D eigenvalue weighted by molar-refractivity contribution is 5.67. The van der Waals surface area contributed by atoms with Gasteiger partial charge in [0, 0.05) is 44.6 Å². The lowest BCUT2D eigenvalue weighted by Crippen LogP contribution is -2.46. The molecule has 2 aromatic heterocycles. The number of oxazole rings is 1. The van der Waals surface area contributed by atoms with Crippen molar-refractivity contribution in [1.82, 2.24) is 14.5 Å². The van der Waals surface area contributed by atoms with E-state index in [1.165, 1.54) is 12.1 Å². The second-order valence-corrected chi connectivity index (χ2v) is 6.86.